The van der Waals surface area contributed by atoms with Gasteiger partial charge in [0.15, 0.2) is 4.34 Å². The Bertz CT molecular complexity index is 565. The van der Waals surface area contributed by atoms with Gasteiger partial charge in [-0.3, -0.25) is 4.68 Å². The summed E-state index contributed by atoms with van der Waals surface area (Å²) in [7, 11) is 3.69. The average molecular weight is 312 g/mol. The third-order valence-corrected chi connectivity index (χ3v) is 5.12. The van der Waals surface area contributed by atoms with Crippen LogP contribution in [0.5, 0.6) is 0 Å². The molecule has 0 aliphatic carbocycles. The first kappa shape index (κ1) is 15.5. The van der Waals surface area contributed by atoms with Gasteiger partial charge in [-0.1, -0.05) is 0 Å². The second kappa shape index (κ2) is 7.21. The molecule has 0 amide bonds. The molecule has 5 nitrogen and oxygen atoms in total. The van der Waals surface area contributed by atoms with Crippen LogP contribution in [0.4, 0.5) is 0 Å². The Labute approximate surface area is 127 Å². The average Bonchev–Trinajstić information content (AvgIpc) is 2.92. The SMILES string of the molecule is COCCNCc1c(C)nn(C)c1Sc1nc(C)cs1. The summed E-state index contributed by atoms with van der Waals surface area (Å²) in [6.45, 7) is 6.42. The maximum Gasteiger partial charge on any atom is 0.156 e. The third-order valence-electron chi connectivity index (χ3n) is 2.86. The minimum atomic E-state index is 0.716. The summed E-state index contributed by atoms with van der Waals surface area (Å²) in [6.07, 6.45) is 0. The fraction of sp³-hybridized carbons (Fsp3) is 0.538. The zero-order valence-corrected chi connectivity index (χ0v) is 13.9. The smallest absolute Gasteiger partial charge is 0.156 e. The van der Waals surface area contributed by atoms with Crippen molar-refractivity contribution in [2.45, 2.75) is 29.8 Å². The maximum absolute atomic E-state index is 5.05. The number of methoxy groups -OCH3 is 1. The highest BCUT2D eigenvalue weighted by atomic mass is 32.2. The van der Waals surface area contributed by atoms with Crippen LogP contribution in [0, 0.1) is 13.8 Å². The lowest BCUT2D eigenvalue weighted by atomic mass is 10.2. The number of hydrogen-bond donors (Lipinski definition) is 1. The van der Waals surface area contributed by atoms with Crippen molar-refractivity contribution in [1.29, 1.82) is 0 Å². The van der Waals surface area contributed by atoms with Gasteiger partial charge in [0.2, 0.25) is 0 Å². The number of aryl methyl sites for hydroxylation is 3. The first-order valence-corrected chi connectivity index (χ1v) is 8.13. The van der Waals surface area contributed by atoms with Crippen LogP contribution in [-0.4, -0.2) is 35.0 Å². The molecule has 2 aromatic rings. The molecule has 2 aromatic heterocycles. The molecular weight excluding hydrogens is 292 g/mol. The highest BCUT2D eigenvalue weighted by Crippen LogP contribution is 2.33. The Morgan fingerprint density at radius 3 is 2.90 bits per heavy atom. The summed E-state index contributed by atoms with van der Waals surface area (Å²) >= 11 is 3.36. The van der Waals surface area contributed by atoms with Gasteiger partial charge in [0.05, 0.1) is 12.3 Å². The predicted molar refractivity (Wildman–Crippen MR) is 82.5 cm³/mol. The second-order valence-corrected chi connectivity index (χ2v) is 6.61. The van der Waals surface area contributed by atoms with Crippen molar-refractivity contribution in [1.82, 2.24) is 20.1 Å². The number of nitrogens with zero attached hydrogens (tertiary/aromatic N) is 3. The van der Waals surface area contributed by atoms with E-state index < -0.39 is 0 Å². The summed E-state index contributed by atoms with van der Waals surface area (Å²) in [4.78, 5) is 4.51. The lowest BCUT2D eigenvalue weighted by Gasteiger charge is -2.06. The number of rotatable bonds is 7. The summed E-state index contributed by atoms with van der Waals surface area (Å²) in [6, 6.07) is 0. The van der Waals surface area contributed by atoms with Crippen molar-refractivity contribution in [2.75, 3.05) is 20.3 Å². The fourth-order valence-corrected chi connectivity index (χ4v) is 3.83. The van der Waals surface area contributed by atoms with E-state index in [1.165, 1.54) is 5.56 Å². The Kier molecular flexibility index (Phi) is 5.59. The van der Waals surface area contributed by atoms with Crippen molar-refractivity contribution >= 4 is 23.1 Å². The molecule has 2 heterocycles. The van der Waals surface area contributed by atoms with Crippen LogP contribution in [-0.2, 0) is 18.3 Å². The summed E-state index contributed by atoms with van der Waals surface area (Å²) in [5.41, 5.74) is 3.37. The van der Waals surface area contributed by atoms with E-state index in [2.05, 4.69) is 20.8 Å². The summed E-state index contributed by atoms with van der Waals surface area (Å²) in [5, 5.41) is 11.1. The molecule has 0 saturated carbocycles. The predicted octanol–water partition coefficient (Wildman–Crippen LogP) is 2.38. The van der Waals surface area contributed by atoms with Gasteiger partial charge in [-0.05, 0) is 25.6 Å². The van der Waals surface area contributed by atoms with Crippen molar-refractivity contribution in [3.8, 4) is 0 Å². The fourth-order valence-electron chi connectivity index (χ4n) is 1.86. The van der Waals surface area contributed by atoms with E-state index in [9.17, 15) is 0 Å². The zero-order valence-electron chi connectivity index (χ0n) is 12.3. The van der Waals surface area contributed by atoms with Crippen LogP contribution in [0.15, 0.2) is 14.7 Å². The van der Waals surface area contributed by atoms with Crippen molar-refractivity contribution in [2.24, 2.45) is 7.05 Å². The van der Waals surface area contributed by atoms with Crippen LogP contribution in [0.3, 0.4) is 0 Å². The molecule has 0 atom stereocenters. The normalized spacial score (nSPS) is 11.2. The van der Waals surface area contributed by atoms with Gasteiger partial charge in [0.1, 0.15) is 5.03 Å². The lowest BCUT2D eigenvalue weighted by molar-refractivity contribution is 0.199. The molecule has 0 bridgehead atoms. The van der Waals surface area contributed by atoms with E-state index in [0.717, 1.165) is 33.8 Å². The largest absolute Gasteiger partial charge is 0.383 e. The van der Waals surface area contributed by atoms with E-state index >= 15 is 0 Å². The standard InChI is InChI=1S/C13H20N4OS2/c1-9-8-19-13(15-9)20-12-11(7-14-5-6-18-4)10(2)16-17(12)3/h8,14H,5-7H2,1-4H3. The van der Waals surface area contributed by atoms with Gasteiger partial charge >= 0.3 is 0 Å². The molecule has 7 heteroatoms. The number of aromatic nitrogens is 3. The first-order valence-electron chi connectivity index (χ1n) is 6.44. The van der Waals surface area contributed by atoms with E-state index in [1.807, 2.05) is 25.6 Å². The molecule has 0 unspecified atom stereocenters. The molecule has 0 aliphatic rings. The van der Waals surface area contributed by atoms with Crippen LogP contribution < -0.4 is 5.32 Å². The van der Waals surface area contributed by atoms with Gasteiger partial charge < -0.3 is 10.1 Å². The quantitative estimate of drug-likeness (QED) is 0.796. The zero-order chi connectivity index (χ0) is 14.5. The monoisotopic (exact) mass is 312 g/mol. The molecule has 110 valence electrons. The molecule has 2 rings (SSSR count). The Balaban J connectivity index is 2.10. The van der Waals surface area contributed by atoms with E-state index in [4.69, 9.17) is 4.74 Å². The van der Waals surface area contributed by atoms with Crippen molar-refractivity contribution < 1.29 is 4.74 Å². The molecule has 1 N–H and O–H groups in total. The Morgan fingerprint density at radius 2 is 2.25 bits per heavy atom. The first-order chi connectivity index (χ1) is 9.61. The number of nitrogens with one attached hydrogen (secondary N) is 1. The van der Waals surface area contributed by atoms with E-state index in [-0.39, 0.29) is 0 Å². The summed E-state index contributed by atoms with van der Waals surface area (Å²) in [5.74, 6) is 0. The van der Waals surface area contributed by atoms with Crippen LogP contribution in [0.25, 0.3) is 0 Å². The number of ether oxygens (including phenoxy) is 1. The Hall–Kier alpha value is -0.890. The van der Waals surface area contributed by atoms with E-state index in [1.54, 1.807) is 30.2 Å². The molecule has 0 aromatic carbocycles. The number of hydrogen-bond acceptors (Lipinski definition) is 6. The minimum Gasteiger partial charge on any atom is -0.383 e. The van der Waals surface area contributed by atoms with Gasteiger partial charge in [-0.15, -0.1) is 11.3 Å². The Morgan fingerprint density at radius 1 is 1.45 bits per heavy atom. The topological polar surface area (TPSA) is 52.0 Å². The molecule has 0 radical (unpaired) electrons. The van der Waals surface area contributed by atoms with Crippen LogP contribution in [0.2, 0.25) is 0 Å². The van der Waals surface area contributed by atoms with Crippen molar-refractivity contribution in [3.63, 3.8) is 0 Å². The molecular formula is C13H20N4OS2. The number of thiazole rings is 1. The minimum absolute atomic E-state index is 0.716. The van der Waals surface area contributed by atoms with Gasteiger partial charge in [0.25, 0.3) is 0 Å². The third kappa shape index (κ3) is 3.82. The van der Waals surface area contributed by atoms with Gasteiger partial charge in [-0.2, -0.15) is 5.10 Å². The van der Waals surface area contributed by atoms with Crippen LogP contribution in [0.1, 0.15) is 17.0 Å². The maximum atomic E-state index is 5.05. The van der Waals surface area contributed by atoms with Crippen molar-refractivity contribution in [3.05, 3.63) is 22.3 Å². The van der Waals surface area contributed by atoms with Crippen LogP contribution >= 0.6 is 23.1 Å². The summed E-state index contributed by atoms with van der Waals surface area (Å²) < 4.78 is 8.04. The lowest BCUT2D eigenvalue weighted by Crippen LogP contribution is -2.19. The molecule has 20 heavy (non-hydrogen) atoms. The second-order valence-electron chi connectivity index (χ2n) is 4.52. The van der Waals surface area contributed by atoms with Gasteiger partial charge in [-0.25, -0.2) is 4.98 Å². The molecule has 0 aliphatic heterocycles. The molecule has 0 fully saturated rings. The molecule has 0 spiro atoms. The van der Waals surface area contributed by atoms with E-state index in [0.29, 0.717) is 6.61 Å². The molecule has 0 saturated heterocycles. The van der Waals surface area contributed by atoms with Gasteiger partial charge in [0, 0.05) is 43.9 Å². The highest BCUT2D eigenvalue weighted by Gasteiger charge is 2.15. The highest BCUT2D eigenvalue weighted by molar-refractivity contribution is 8.01.